The van der Waals surface area contributed by atoms with Crippen molar-refractivity contribution in [2.24, 2.45) is 5.92 Å². The van der Waals surface area contributed by atoms with Crippen LogP contribution < -0.4 is 11.1 Å². The maximum absolute atomic E-state index is 11.8. The van der Waals surface area contributed by atoms with Crippen molar-refractivity contribution in [2.75, 3.05) is 12.3 Å². The fourth-order valence-electron chi connectivity index (χ4n) is 3.44. The molecule has 1 amide bonds. The predicted molar refractivity (Wildman–Crippen MR) is 93.8 cm³/mol. The molecule has 2 aliphatic rings. The highest BCUT2D eigenvalue weighted by Gasteiger charge is 2.39. The number of alkyl carbamates (subject to hydrolysis) is 1. The monoisotopic (exact) mass is 334 g/mol. The van der Waals surface area contributed by atoms with Gasteiger partial charge in [0.2, 0.25) is 0 Å². The van der Waals surface area contributed by atoms with E-state index in [0.29, 0.717) is 24.3 Å². The molecule has 1 aromatic rings. The highest BCUT2D eigenvalue weighted by atomic mass is 16.5. The van der Waals surface area contributed by atoms with E-state index in [9.17, 15) is 4.79 Å². The topological polar surface area (TPSA) is 82.2 Å². The number of hydrogen-bond acceptors (Lipinski definition) is 4. The molecule has 0 spiro atoms. The second-order valence-electron chi connectivity index (χ2n) is 8.74. The van der Waals surface area contributed by atoms with Gasteiger partial charge < -0.3 is 15.8 Å². The molecule has 1 aromatic heterocycles. The number of ether oxygens (including phenoxy) is 1. The van der Waals surface area contributed by atoms with Crippen LogP contribution in [0.25, 0.3) is 0 Å². The van der Waals surface area contributed by atoms with E-state index in [1.807, 2.05) is 10.7 Å². The molecule has 6 heteroatoms. The zero-order valence-electron chi connectivity index (χ0n) is 15.3. The number of carbonyl (C=O) groups is 1. The van der Waals surface area contributed by atoms with Crippen molar-refractivity contribution in [1.29, 1.82) is 0 Å². The van der Waals surface area contributed by atoms with E-state index in [-0.39, 0.29) is 17.2 Å². The number of nitrogen functional groups attached to an aromatic ring is 1. The van der Waals surface area contributed by atoms with Crippen molar-refractivity contribution in [1.82, 2.24) is 15.1 Å². The lowest BCUT2D eigenvalue weighted by molar-refractivity contribution is 0.123. The van der Waals surface area contributed by atoms with Crippen LogP contribution in [0.1, 0.15) is 71.4 Å². The fourth-order valence-corrected chi connectivity index (χ4v) is 3.44. The molecule has 0 unspecified atom stereocenters. The van der Waals surface area contributed by atoms with Gasteiger partial charge >= 0.3 is 6.09 Å². The predicted octanol–water partition coefficient (Wildman–Crippen LogP) is 3.38. The number of rotatable bonds is 4. The van der Waals surface area contributed by atoms with Crippen molar-refractivity contribution in [3.8, 4) is 0 Å². The smallest absolute Gasteiger partial charge is 0.407 e. The first-order valence-electron chi connectivity index (χ1n) is 8.97. The number of hydrogen-bond donors (Lipinski definition) is 2. The Kier molecular flexibility index (Phi) is 4.26. The van der Waals surface area contributed by atoms with Crippen LogP contribution in [0.2, 0.25) is 0 Å². The Labute approximate surface area is 144 Å². The Balaban J connectivity index is 1.51. The third-order valence-corrected chi connectivity index (χ3v) is 5.20. The number of anilines is 1. The molecular weight excluding hydrogens is 304 g/mol. The van der Waals surface area contributed by atoms with Gasteiger partial charge in [-0.25, -0.2) is 9.48 Å². The number of nitrogens with zero attached hydrogens (tertiary/aromatic N) is 2. The molecule has 2 atom stereocenters. The molecule has 1 heterocycles. The van der Waals surface area contributed by atoms with Gasteiger partial charge in [0.25, 0.3) is 0 Å². The number of amides is 1. The standard InChI is InChI=1S/C18H30N4O2/c1-17(2,3)22-15(19)10-14(21-22)13-6-5-12(9-13)11-24-16(23)20-18(4)7-8-18/h10,12-13H,5-9,11,19H2,1-4H3,(H,20,23)/t12-,13+/m1/s1. The van der Waals surface area contributed by atoms with E-state index in [0.717, 1.165) is 37.8 Å². The van der Waals surface area contributed by atoms with Gasteiger partial charge in [0.1, 0.15) is 5.82 Å². The first-order valence-corrected chi connectivity index (χ1v) is 8.97. The summed E-state index contributed by atoms with van der Waals surface area (Å²) >= 11 is 0. The molecule has 2 saturated carbocycles. The summed E-state index contributed by atoms with van der Waals surface area (Å²) in [6.45, 7) is 8.85. The number of nitrogens with two attached hydrogens (primary N) is 1. The zero-order valence-corrected chi connectivity index (χ0v) is 15.3. The van der Waals surface area contributed by atoms with Crippen molar-refractivity contribution in [3.05, 3.63) is 11.8 Å². The number of nitrogens with one attached hydrogen (secondary N) is 1. The summed E-state index contributed by atoms with van der Waals surface area (Å²) in [4.78, 5) is 11.8. The van der Waals surface area contributed by atoms with E-state index >= 15 is 0 Å². The molecule has 134 valence electrons. The molecule has 2 aliphatic carbocycles. The van der Waals surface area contributed by atoms with Crippen LogP contribution in [0.3, 0.4) is 0 Å². The van der Waals surface area contributed by atoms with Gasteiger partial charge in [-0.05, 0) is 65.7 Å². The van der Waals surface area contributed by atoms with Gasteiger partial charge in [0.15, 0.2) is 0 Å². The van der Waals surface area contributed by atoms with Gasteiger partial charge in [-0.2, -0.15) is 5.10 Å². The summed E-state index contributed by atoms with van der Waals surface area (Å²) in [7, 11) is 0. The normalized spacial score (nSPS) is 25.5. The quantitative estimate of drug-likeness (QED) is 0.884. The minimum Gasteiger partial charge on any atom is -0.449 e. The Morgan fingerprint density at radius 1 is 1.46 bits per heavy atom. The maximum atomic E-state index is 11.8. The lowest BCUT2D eigenvalue weighted by atomic mass is 10.0. The number of aromatic nitrogens is 2. The van der Waals surface area contributed by atoms with Gasteiger partial charge in [-0.1, -0.05) is 0 Å². The van der Waals surface area contributed by atoms with E-state index in [1.54, 1.807) is 0 Å². The van der Waals surface area contributed by atoms with Gasteiger partial charge in [-0.3, -0.25) is 0 Å². The molecule has 0 bridgehead atoms. The van der Waals surface area contributed by atoms with Crippen molar-refractivity contribution >= 4 is 11.9 Å². The van der Waals surface area contributed by atoms with Crippen molar-refractivity contribution in [3.63, 3.8) is 0 Å². The van der Waals surface area contributed by atoms with Crippen molar-refractivity contribution < 1.29 is 9.53 Å². The van der Waals surface area contributed by atoms with Crippen LogP contribution in [-0.4, -0.2) is 28.0 Å². The third-order valence-electron chi connectivity index (χ3n) is 5.20. The van der Waals surface area contributed by atoms with Gasteiger partial charge in [-0.15, -0.1) is 0 Å². The summed E-state index contributed by atoms with van der Waals surface area (Å²) < 4.78 is 7.31. The number of carbonyl (C=O) groups excluding carboxylic acids is 1. The lowest BCUT2D eigenvalue weighted by Gasteiger charge is -2.20. The summed E-state index contributed by atoms with van der Waals surface area (Å²) in [5.41, 5.74) is 7.05. The van der Waals surface area contributed by atoms with Crippen LogP contribution in [0.15, 0.2) is 6.07 Å². The highest BCUT2D eigenvalue weighted by Crippen LogP contribution is 2.39. The van der Waals surface area contributed by atoms with Crippen LogP contribution in [0, 0.1) is 5.92 Å². The Bertz CT molecular complexity index is 613. The second kappa shape index (κ2) is 5.97. The molecule has 3 N–H and O–H groups in total. The summed E-state index contributed by atoms with van der Waals surface area (Å²) in [5, 5.41) is 7.65. The third kappa shape index (κ3) is 3.84. The largest absolute Gasteiger partial charge is 0.449 e. The minimum absolute atomic E-state index is 0.0212. The molecule has 0 aliphatic heterocycles. The van der Waals surface area contributed by atoms with E-state index in [4.69, 9.17) is 15.6 Å². The highest BCUT2D eigenvalue weighted by molar-refractivity contribution is 5.68. The second-order valence-corrected chi connectivity index (χ2v) is 8.74. The fraction of sp³-hybridized carbons (Fsp3) is 0.778. The van der Waals surface area contributed by atoms with Gasteiger partial charge in [0.05, 0.1) is 17.8 Å². The molecule has 2 fully saturated rings. The van der Waals surface area contributed by atoms with Crippen LogP contribution in [0.5, 0.6) is 0 Å². The van der Waals surface area contributed by atoms with E-state index in [2.05, 4.69) is 33.0 Å². The van der Waals surface area contributed by atoms with Crippen LogP contribution in [-0.2, 0) is 10.3 Å². The van der Waals surface area contributed by atoms with Gasteiger partial charge in [0, 0.05) is 17.5 Å². The molecule has 0 radical (unpaired) electrons. The maximum Gasteiger partial charge on any atom is 0.407 e. The zero-order chi connectivity index (χ0) is 17.5. The van der Waals surface area contributed by atoms with E-state index < -0.39 is 0 Å². The molecular formula is C18H30N4O2. The SMILES string of the molecule is CC1(NC(=O)OC[C@@H]2CC[C@H](c3cc(N)n(C(C)(C)C)n3)C2)CC1. The Morgan fingerprint density at radius 2 is 2.17 bits per heavy atom. The molecule has 0 saturated heterocycles. The lowest BCUT2D eigenvalue weighted by Crippen LogP contribution is -2.35. The first kappa shape index (κ1) is 17.1. The Morgan fingerprint density at radius 3 is 2.75 bits per heavy atom. The summed E-state index contributed by atoms with van der Waals surface area (Å²) in [6.07, 6.45) is 4.97. The first-order chi connectivity index (χ1) is 11.2. The van der Waals surface area contributed by atoms with E-state index in [1.165, 1.54) is 0 Å². The van der Waals surface area contributed by atoms with Crippen LogP contribution >= 0.6 is 0 Å². The van der Waals surface area contributed by atoms with Crippen molar-refractivity contribution in [2.45, 2.75) is 76.8 Å². The molecule has 3 rings (SSSR count). The average Bonchev–Trinajstić information content (AvgIpc) is 2.91. The summed E-state index contributed by atoms with van der Waals surface area (Å²) in [6, 6.07) is 2.00. The van der Waals surface area contributed by atoms with Crippen LogP contribution in [0.4, 0.5) is 10.6 Å². The molecule has 24 heavy (non-hydrogen) atoms. The average molecular weight is 334 g/mol. The Hall–Kier alpha value is -1.72. The minimum atomic E-state index is -0.278. The summed E-state index contributed by atoms with van der Waals surface area (Å²) in [5.74, 6) is 1.54. The molecule has 6 nitrogen and oxygen atoms in total. The molecule has 0 aromatic carbocycles.